The minimum atomic E-state index is -0.674. The van der Waals surface area contributed by atoms with Gasteiger partial charge in [0.1, 0.15) is 12.3 Å². The topological polar surface area (TPSA) is 184 Å². The fourth-order valence-electron chi connectivity index (χ4n) is 8.70. The van der Waals surface area contributed by atoms with Crippen molar-refractivity contribution in [3.63, 3.8) is 0 Å². The third kappa shape index (κ3) is 5.94. The van der Waals surface area contributed by atoms with E-state index in [0.29, 0.717) is 55.8 Å². The number of ether oxygens (including phenoxy) is 2. The number of ketones is 1. The van der Waals surface area contributed by atoms with Crippen LogP contribution in [-0.2, 0) is 28.0 Å². The lowest BCUT2D eigenvalue weighted by molar-refractivity contribution is -0.957. The number of likely N-dealkylation sites (tertiary alicyclic amines) is 1. The number of hydrogen-bond donors (Lipinski definition) is 5. The molecule has 2 aromatic rings. The Balaban J connectivity index is 1.04. The predicted molar refractivity (Wildman–Crippen MR) is 179 cm³/mol. The minimum absolute atomic E-state index is 0.117. The number of benzene rings is 2. The monoisotopic (exact) mass is 662 g/mol. The molecule has 2 fully saturated rings. The lowest BCUT2D eigenvalue weighted by Crippen LogP contribution is -2.71. The smallest absolute Gasteiger partial charge is 0.415 e. The minimum Gasteiger partial charge on any atom is -0.504 e. The summed E-state index contributed by atoms with van der Waals surface area (Å²) in [5, 5.41) is 20.5. The zero-order chi connectivity index (χ0) is 34.4. The average molecular weight is 663 g/mol. The van der Waals surface area contributed by atoms with Gasteiger partial charge in [0.25, 0.3) is 0 Å². The first-order valence-corrected chi connectivity index (χ1v) is 16.8. The normalized spacial score (nSPS) is 26.9. The zero-order valence-electron chi connectivity index (χ0n) is 28.0. The Morgan fingerprint density at radius 3 is 2.65 bits per heavy atom. The van der Waals surface area contributed by atoms with Crippen LogP contribution in [0.1, 0.15) is 48.8 Å². The van der Waals surface area contributed by atoms with Gasteiger partial charge in [0.15, 0.2) is 29.3 Å². The van der Waals surface area contributed by atoms with Crippen LogP contribution in [0.5, 0.6) is 17.2 Å². The molecular formula is C35H48N7O6+. The summed E-state index contributed by atoms with van der Waals surface area (Å²) in [7, 11) is 5.59. The van der Waals surface area contributed by atoms with Crippen molar-refractivity contribution in [2.75, 3.05) is 47.3 Å². The van der Waals surface area contributed by atoms with Crippen molar-refractivity contribution in [2.45, 2.75) is 68.7 Å². The van der Waals surface area contributed by atoms with Crippen molar-refractivity contribution in [1.82, 2.24) is 15.1 Å². The molecule has 0 unspecified atom stereocenters. The van der Waals surface area contributed by atoms with Gasteiger partial charge in [-0.3, -0.25) is 15.0 Å². The largest absolute Gasteiger partial charge is 0.504 e. The molecule has 6 atom stereocenters. The number of amides is 2. The SMILES string of the molecule is CN(CCN(C)C(=O)[C@@H](N)CCCNC(=N)N)C(=O)Oc1ccc(C[N@@+]2(C)CC[C@]34c5c6ccc(O)c5O[C@H]3C(=O)CC[C@H]4[C@H]2C6)cc1. The quantitative estimate of drug-likeness (QED) is 0.104. The van der Waals surface area contributed by atoms with E-state index >= 15 is 0 Å². The summed E-state index contributed by atoms with van der Waals surface area (Å²) in [6.07, 6.45) is 3.08. The number of carbonyl (C=O) groups is 3. The molecule has 48 heavy (non-hydrogen) atoms. The van der Waals surface area contributed by atoms with E-state index in [1.807, 2.05) is 30.3 Å². The van der Waals surface area contributed by atoms with E-state index in [-0.39, 0.29) is 35.4 Å². The molecule has 2 aliphatic carbocycles. The van der Waals surface area contributed by atoms with E-state index in [1.54, 1.807) is 20.2 Å². The third-order valence-corrected chi connectivity index (χ3v) is 11.2. The maximum atomic E-state index is 13.1. The molecule has 1 spiro atoms. The summed E-state index contributed by atoms with van der Waals surface area (Å²) < 4.78 is 12.7. The van der Waals surface area contributed by atoms with Crippen molar-refractivity contribution in [1.29, 1.82) is 5.41 Å². The van der Waals surface area contributed by atoms with E-state index < -0.39 is 18.2 Å². The highest BCUT2D eigenvalue weighted by atomic mass is 16.6. The van der Waals surface area contributed by atoms with E-state index in [2.05, 4.69) is 12.4 Å². The maximum absolute atomic E-state index is 13.1. The number of phenols is 1. The second-order valence-electron chi connectivity index (χ2n) is 14.3. The van der Waals surface area contributed by atoms with E-state index in [0.717, 1.165) is 48.0 Å². The van der Waals surface area contributed by atoms with Crippen LogP contribution in [0.2, 0.25) is 0 Å². The molecular weight excluding hydrogens is 614 g/mol. The van der Waals surface area contributed by atoms with E-state index in [4.69, 9.17) is 26.4 Å². The van der Waals surface area contributed by atoms with Crippen molar-refractivity contribution in [3.05, 3.63) is 53.1 Å². The zero-order valence-corrected chi connectivity index (χ0v) is 28.0. The van der Waals surface area contributed by atoms with Crippen molar-refractivity contribution < 1.29 is 33.4 Å². The van der Waals surface area contributed by atoms with Gasteiger partial charge in [-0.1, -0.05) is 6.07 Å². The molecule has 2 heterocycles. The number of likely N-dealkylation sites (N-methyl/N-ethyl adjacent to an activating group) is 3. The Bertz CT molecular complexity index is 1600. The van der Waals surface area contributed by atoms with Gasteiger partial charge in [0, 0.05) is 70.0 Å². The summed E-state index contributed by atoms with van der Waals surface area (Å²) >= 11 is 0. The molecule has 13 heteroatoms. The van der Waals surface area contributed by atoms with Crippen LogP contribution < -0.4 is 26.3 Å². The number of hydrogen-bond acceptors (Lipinski definition) is 8. The highest BCUT2D eigenvalue weighted by Gasteiger charge is 2.69. The van der Waals surface area contributed by atoms with Gasteiger partial charge in [-0.05, 0) is 55.2 Å². The Labute approximate surface area is 281 Å². The Morgan fingerprint density at radius 2 is 1.92 bits per heavy atom. The third-order valence-electron chi connectivity index (χ3n) is 11.2. The number of phenolic OH excluding ortho intramolecular Hbond substituents is 1. The Hall–Kier alpha value is -4.36. The molecule has 0 radical (unpaired) electrons. The van der Waals surface area contributed by atoms with Gasteiger partial charge >= 0.3 is 6.09 Å². The van der Waals surface area contributed by atoms with Gasteiger partial charge < -0.3 is 45.6 Å². The Morgan fingerprint density at radius 1 is 1.19 bits per heavy atom. The summed E-state index contributed by atoms with van der Waals surface area (Å²) in [5.74, 6) is 1.21. The first kappa shape index (κ1) is 33.5. The van der Waals surface area contributed by atoms with Gasteiger partial charge in [-0.25, -0.2) is 4.79 Å². The molecule has 2 aliphatic heterocycles. The predicted octanol–water partition coefficient (Wildman–Crippen LogP) is 1.82. The van der Waals surface area contributed by atoms with Crippen LogP contribution in [0, 0.1) is 11.3 Å². The van der Waals surface area contributed by atoms with Gasteiger partial charge in [-0.15, -0.1) is 0 Å². The highest BCUT2D eigenvalue weighted by Crippen LogP contribution is 2.64. The number of rotatable bonds is 11. The molecule has 13 nitrogen and oxygen atoms in total. The summed E-state index contributed by atoms with van der Waals surface area (Å²) in [6, 6.07) is 11.0. The second-order valence-corrected chi connectivity index (χ2v) is 14.3. The molecule has 6 rings (SSSR count). The lowest BCUT2D eigenvalue weighted by atomic mass is 9.51. The average Bonchev–Trinajstić information content (AvgIpc) is 3.42. The standard InChI is InChI=1S/C35H47N7O6/c1-40(32(45)25(36)5-4-15-39-33(37)38)16-17-41(2)34(46)47-23-9-6-21(7-10-23)20-42(3)18-14-35-24-11-13-28(44)31(35)48-30-27(43)12-8-22(29(30)35)19-26(24)42/h6-10,12,24-26,31H,4-5,11,13-20,36H2,1-3H3,(H4-,37,38,39,43)/p+1/t24-,25-,26+,31-,35-,42+/m0/s1. The molecule has 7 N–H and O–H groups in total. The molecule has 0 aromatic heterocycles. The first-order chi connectivity index (χ1) is 22.8. The number of piperidine rings is 1. The van der Waals surface area contributed by atoms with Crippen molar-refractivity contribution in [3.8, 4) is 17.2 Å². The molecule has 2 amide bonds. The van der Waals surface area contributed by atoms with E-state index in [9.17, 15) is 19.5 Å². The fraction of sp³-hybridized carbons (Fsp3) is 0.543. The van der Waals surface area contributed by atoms with Crippen LogP contribution >= 0.6 is 0 Å². The number of guanidine groups is 1. The number of carbonyl (C=O) groups excluding carboxylic acids is 3. The maximum Gasteiger partial charge on any atom is 0.415 e. The number of nitrogens with two attached hydrogens (primary N) is 2. The number of Topliss-reactive ketones (excluding diaryl/α,β-unsaturated/α-hetero) is 1. The van der Waals surface area contributed by atoms with Crippen LogP contribution in [0.15, 0.2) is 36.4 Å². The molecule has 2 aromatic carbocycles. The van der Waals surface area contributed by atoms with Gasteiger partial charge in [0.2, 0.25) is 5.91 Å². The highest BCUT2D eigenvalue weighted by molar-refractivity contribution is 5.89. The van der Waals surface area contributed by atoms with E-state index in [1.165, 1.54) is 15.4 Å². The van der Waals surface area contributed by atoms with Crippen LogP contribution in [0.25, 0.3) is 0 Å². The number of aromatic hydroxyl groups is 1. The molecule has 4 aliphatic rings. The second kappa shape index (κ2) is 12.9. The van der Waals surface area contributed by atoms with Crippen LogP contribution in [-0.4, -0.2) is 109 Å². The molecule has 2 bridgehead atoms. The number of nitrogens with one attached hydrogen (secondary N) is 2. The fourth-order valence-corrected chi connectivity index (χ4v) is 8.70. The molecule has 258 valence electrons. The van der Waals surface area contributed by atoms with Crippen molar-refractivity contribution in [2.24, 2.45) is 17.4 Å². The van der Waals surface area contributed by atoms with Gasteiger partial charge in [0.05, 0.1) is 31.1 Å². The van der Waals surface area contributed by atoms with Crippen LogP contribution in [0.3, 0.4) is 0 Å². The molecule has 1 saturated carbocycles. The lowest BCUT2D eigenvalue weighted by Gasteiger charge is -2.60. The number of quaternary nitrogens is 1. The summed E-state index contributed by atoms with van der Waals surface area (Å²) in [5.41, 5.74) is 14.4. The summed E-state index contributed by atoms with van der Waals surface area (Å²) in [4.78, 5) is 41.5. The Kier molecular flexibility index (Phi) is 9.03. The molecule has 1 saturated heterocycles. The first-order valence-electron chi connectivity index (χ1n) is 16.8. The summed E-state index contributed by atoms with van der Waals surface area (Å²) in [6.45, 7) is 2.75. The van der Waals surface area contributed by atoms with Crippen molar-refractivity contribution >= 4 is 23.7 Å². The van der Waals surface area contributed by atoms with Gasteiger partial charge in [-0.2, -0.15) is 0 Å². The van der Waals surface area contributed by atoms with Crippen LogP contribution in [0.4, 0.5) is 4.79 Å². The number of nitrogens with zero attached hydrogens (tertiary/aromatic N) is 3.